The number of rotatable bonds is 4. The van der Waals surface area contributed by atoms with E-state index < -0.39 is 0 Å². The van der Waals surface area contributed by atoms with Crippen LogP contribution in [0.15, 0.2) is 18.2 Å². The zero-order chi connectivity index (χ0) is 15.5. The highest BCUT2D eigenvalue weighted by atomic mass is 35.5. The fourth-order valence-electron chi connectivity index (χ4n) is 3.49. The second-order valence-electron chi connectivity index (χ2n) is 6.16. The van der Waals surface area contributed by atoms with Crippen molar-refractivity contribution in [3.63, 3.8) is 0 Å². The number of carbonyl (C=O) groups is 1. The Morgan fingerprint density at radius 2 is 1.91 bits per heavy atom. The first-order chi connectivity index (χ1) is 10.6. The number of carbonyl (C=O) groups excluding carboxylic acids is 1. The van der Waals surface area contributed by atoms with E-state index in [0.717, 1.165) is 24.9 Å². The molecule has 0 spiro atoms. The van der Waals surface area contributed by atoms with Crippen molar-refractivity contribution in [2.75, 3.05) is 13.1 Å². The molecule has 2 fully saturated rings. The van der Waals surface area contributed by atoms with Crippen LogP contribution in [0.2, 0.25) is 10.0 Å². The summed E-state index contributed by atoms with van der Waals surface area (Å²) in [4.78, 5) is 13.8. The molecule has 1 saturated heterocycles. The zero-order valence-electron chi connectivity index (χ0n) is 12.6. The van der Waals surface area contributed by atoms with Crippen LogP contribution in [0.4, 0.5) is 0 Å². The van der Waals surface area contributed by atoms with Crippen LogP contribution in [-0.4, -0.2) is 35.9 Å². The molecular weight excluding hydrogens is 321 g/mol. The molecule has 120 valence electrons. The molecule has 1 aliphatic carbocycles. The number of nitrogens with zero attached hydrogens (tertiary/aromatic N) is 1. The summed E-state index contributed by atoms with van der Waals surface area (Å²) in [6.07, 6.45) is 5.37. The molecule has 3 nitrogen and oxygen atoms in total. The Bertz CT molecular complexity index is 529. The van der Waals surface area contributed by atoms with E-state index in [4.69, 9.17) is 27.9 Å². The maximum absolute atomic E-state index is 11.6. The molecule has 1 saturated carbocycles. The van der Waals surface area contributed by atoms with E-state index in [1.807, 2.05) is 18.2 Å². The van der Waals surface area contributed by atoms with Gasteiger partial charge in [-0.15, -0.1) is 0 Å². The van der Waals surface area contributed by atoms with Crippen LogP contribution < -0.4 is 0 Å². The summed E-state index contributed by atoms with van der Waals surface area (Å²) >= 11 is 12.4. The van der Waals surface area contributed by atoms with Gasteiger partial charge in [0.05, 0.1) is 19.3 Å². The molecule has 1 unspecified atom stereocenters. The van der Waals surface area contributed by atoms with Gasteiger partial charge in [0.25, 0.3) is 0 Å². The van der Waals surface area contributed by atoms with Crippen LogP contribution in [0.5, 0.6) is 0 Å². The fraction of sp³-hybridized carbons (Fsp3) is 0.588. The maximum atomic E-state index is 11.6. The lowest BCUT2D eigenvalue weighted by Crippen LogP contribution is -2.45. The first-order valence-corrected chi connectivity index (χ1v) is 8.71. The van der Waals surface area contributed by atoms with E-state index in [0.29, 0.717) is 41.4 Å². The second-order valence-corrected chi connectivity index (χ2v) is 6.98. The van der Waals surface area contributed by atoms with Crippen molar-refractivity contribution in [2.24, 2.45) is 0 Å². The quantitative estimate of drug-likeness (QED) is 0.825. The van der Waals surface area contributed by atoms with Crippen LogP contribution >= 0.6 is 23.2 Å². The summed E-state index contributed by atoms with van der Waals surface area (Å²) in [5.41, 5.74) is 0.854. The third kappa shape index (κ3) is 3.65. The van der Waals surface area contributed by atoms with Gasteiger partial charge in [-0.25, -0.2) is 0 Å². The lowest BCUT2D eigenvalue weighted by molar-refractivity contribution is -0.117. The van der Waals surface area contributed by atoms with E-state index >= 15 is 0 Å². The number of ether oxygens (including phenoxy) is 1. The summed E-state index contributed by atoms with van der Waals surface area (Å²) in [6, 6.07) is 5.86. The summed E-state index contributed by atoms with van der Waals surface area (Å²) in [5, 5.41) is 1.30. The van der Waals surface area contributed by atoms with Gasteiger partial charge >= 0.3 is 0 Å². The van der Waals surface area contributed by atoms with Crippen molar-refractivity contribution in [2.45, 2.75) is 50.9 Å². The SMILES string of the molecule is O=C1CCN([C@@H]2CCCCC2OCc2c(Cl)cccc2Cl)C1. The number of hydrogen-bond donors (Lipinski definition) is 0. The van der Waals surface area contributed by atoms with E-state index in [-0.39, 0.29) is 6.10 Å². The number of Topliss-reactive ketones (excluding diaryl/α,β-unsaturated/α-hetero) is 1. The zero-order valence-corrected chi connectivity index (χ0v) is 14.1. The Balaban J connectivity index is 1.65. The van der Waals surface area contributed by atoms with Crippen molar-refractivity contribution >= 4 is 29.0 Å². The summed E-state index contributed by atoms with van der Waals surface area (Å²) in [7, 11) is 0. The van der Waals surface area contributed by atoms with Crippen LogP contribution in [0.3, 0.4) is 0 Å². The topological polar surface area (TPSA) is 29.5 Å². The van der Waals surface area contributed by atoms with Crippen LogP contribution in [0.25, 0.3) is 0 Å². The van der Waals surface area contributed by atoms with Crippen molar-refractivity contribution in [3.05, 3.63) is 33.8 Å². The van der Waals surface area contributed by atoms with Gasteiger partial charge in [0.15, 0.2) is 0 Å². The van der Waals surface area contributed by atoms with Crippen LogP contribution in [0, 0.1) is 0 Å². The third-order valence-electron chi connectivity index (χ3n) is 4.70. The van der Waals surface area contributed by atoms with E-state index in [1.165, 1.54) is 12.8 Å². The number of benzene rings is 1. The van der Waals surface area contributed by atoms with Crippen LogP contribution in [-0.2, 0) is 16.1 Å². The lowest BCUT2D eigenvalue weighted by atomic mass is 9.91. The van der Waals surface area contributed by atoms with Gasteiger partial charge in [-0.3, -0.25) is 9.69 Å². The molecule has 0 N–H and O–H groups in total. The van der Waals surface area contributed by atoms with Gasteiger partial charge in [-0.2, -0.15) is 0 Å². The Morgan fingerprint density at radius 1 is 1.18 bits per heavy atom. The highest BCUT2D eigenvalue weighted by Gasteiger charge is 2.34. The Morgan fingerprint density at radius 3 is 2.59 bits per heavy atom. The number of hydrogen-bond acceptors (Lipinski definition) is 3. The third-order valence-corrected chi connectivity index (χ3v) is 5.41. The smallest absolute Gasteiger partial charge is 0.148 e. The monoisotopic (exact) mass is 341 g/mol. The summed E-state index contributed by atoms with van der Waals surface area (Å²) in [5.74, 6) is 0.346. The maximum Gasteiger partial charge on any atom is 0.148 e. The minimum atomic E-state index is 0.159. The molecular formula is C17H21Cl2NO2. The van der Waals surface area contributed by atoms with Gasteiger partial charge in [0.2, 0.25) is 0 Å². The molecule has 0 bridgehead atoms. The minimum Gasteiger partial charge on any atom is -0.372 e. The fourth-order valence-corrected chi connectivity index (χ4v) is 3.99. The molecule has 0 aromatic heterocycles. The second kappa shape index (κ2) is 7.31. The highest BCUT2D eigenvalue weighted by molar-refractivity contribution is 6.35. The Kier molecular flexibility index (Phi) is 5.40. The van der Waals surface area contributed by atoms with Gasteiger partial charge in [0, 0.05) is 34.6 Å². The molecule has 1 aliphatic heterocycles. The van der Waals surface area contributed by atoms with E-state index in [9.17, 15) is 4.79 Å². The molecule has 2 atom stereocenters. The predicted octanol–water partition coefficient (Wildman–Crippen LogP) is 4.10. The predicted molar refractivity (Wildman–Crippen MR) is 88.5 cm³/mol. The normalized spacial score (nSPS) is 26.5. The minimum absolute atomic E-state index is 0.159. The first-order valence-electron chi connectivity index (χ1n) is 7.95. The van der Waals surface area contributed by atoms with Crippen molar-refractivity contribution in [1.82, 2.24) is 4.90 Å². The Labute approximate surface area is 141 Å². The van der Waals surface area contributed by atoms with Crippen LogP contribution in [0.1, 0.15) is 37.7 Å². The molecule has 0 radical (unpaired) electrons. The molecule has 1 aromatic carbocycles. The standard InChI is InChI=1S/C17H21Cl2NO2/c18-14-4-3-5-15(19)13(14)11-22-17-7-2-1-6-16(17)20-9-8-12(21)10-20/h3-5,16-17H,1-2,6-11H2/t16-,17?/m1/s1. The lowest BCUT2D eigenvalue weighted by Gasteiger charge is -2.37. The van der Waals surface area contributed by atoms with Crippen molar-refractivity contribution in [3.8, 4) is 0 Å². The largest absolute Gasteiger partial charge is 0.372 e. The molecule has 5 heteroatoms. The van der Waals surface area contributed by atoms with Crippen molar-refractivity contribution < 1.29 is 9.53 Å². The van der Waals surface area contributed by atoms with Gasteiger partial charge < -0.3 is 4.74 Å². The first kappa shape index (κ1) is 16.3. The molecule has 1 heterocycles. The summed E-state index contributed by atoms with van der Waals surface area (Å²) in [6.45, 7) is 1.88. The van der Waals surface area contributed by atoms with Crippen molar-refractivity contribution in [1.29, 1.82) is 0 Å². The molecule has 3 rings (SSSR count). The van der Waals surface area contributed by atoms with E-state index in [1.54, 1.807) is 0 Å². The van der Waals surface area contributed by atoms with E-state index in [2.05, 4.69) is 4.90 Å². The van der Waals surface area contributed by atoms with Gasteiger partial charge in [0.1, 0.15) is 5.78 Å². The number of halogens is 2. The average Bonchev–Trinajstić information content (AvgIpc) is 2.93. The molecule has 2 aliphatic rings. The number of likely N-dealkylation sites (tertiary alicyclic amines) is 1. The van der Waals surface area contributed by atoms with Gasteiger partial charge in [-0.05, 0) is 25.0 Å². The Hall–Kier alpha value is -0.610. The average molecular weight is 342 g/mol. The number of ketones is 1. The highest BCUT2D eigenvalue weighted by Crippen LogP contribution is 2.30. The van der Waals surface area contributed by atoms with Gasteiger partial charge in [-0.1, -0.05) is 42.1 Å². The summed E-state index contributed by atoms with van der Waals surface area (Å²) < 4.78 is 6.17. The molecule has 22 heavy (non-hydrogen) atoms. The molecule has 1 aromatic rings. The molecule has 0 amide bonds.